The van der Waals surface area contributed by atoms with Crippen molar-refractivity contribution in [3.05, 3.63) is 0 Å². The Morgan fingerprint density at radius 3 is 2.65 bits per heavy atom. The van der Waals surface area contributed by atoms with Crippen molar-refractivity contribution in [1.82, 2.24) is 10.2 Å². The first-order valence-electron chi connectivity index (χ1n) is 5.50. The average molecular weight is 278 g/mol. The first kappa shape index (κ1) is 14.5. The number of carboxylic acid groups (broad SMARTS) is 1. The van der Waals surface area contributed by atoms with Crippen LogP contribution in [0, 0.1) is 0 Å². The zero-order chi connectivity index (χ0) is 12.7. The summed E-state index contributed by atoms with van der Waals surface area (Å²) in [6.07, 6.45) is 2.38. The van der Waals surface area contributed by atoms with E-state index in [4.69, 9.17) is 5.11 Å². The lowest BCUT2D eigenvalue weighted by Gasteiger charge is -2.28. The van der Waals surface area contributed by atoms with Crippen LogP contribution in [0.5, 0.6) is 0 Å². The number of nitrogens with one attached hydrogen (secondary N) is 1. The molecule has 0 bridgehead atoms. The molecule has 0 radical (unpaired) electrons. The summed E-state index contributed by atoms with van der Waals surface area (Å²) in [6.45, 7) is 1.40. The van der Waals surface area contributed by atoms with Crippen LogP contribution in [0.1, 0.15) is 6.42 Å². The van der Waals surface area contributed by atoms with E-state index in [1.54, 1.807) is 16.7 Å². The van der Waals surface area contributed by atoms with Crippen LogP contribution in [-0.2, 0) is 4.79 Å². The molecule has 0 spiro atoms. The minimum absolute atomic E-state index is 0.251. The molecule has 0 aromatic carbocycles. The number of carbonyl (C=O) groups excluding carboxylic acids is 1. The number of hydrogen-bond acceptors (Lipinski definition) is 4. The van der Waals surface area contributed by atoms with Crippen molar-refractivity contribution in [3.63, 3.8) is 0 Å². The van der Waals surface area contributed by atoms with Crippen LogP contribution in [0.3, 0.4) is 0 Å². The van der Waals surface area contributed by atoms with Gasteiger partial charge in [0.05, 0.1) is 0 Å². The van der Waals surface area contributed by atoms with E-state index in [0.29, 0.717) is 19.5 Å². The van der Waals surface area contributed by atoms with Crippen molar-refractivity contribution < 1.29 is 14.7 Å². The molecule has 0 aromatic heterocycles. The maximum absolute atomic E-state index is 11.8. The van der Waals surface area contributed by atoms with Crippen molar-refractivity contribution in [2.75, 3.05) is 36.6 Å². The Bertz CT molecular complexity index is 270. The molecule has 5 nitrogen and oxygen atoms in total. The number of carboxylic acids is 1. The molecule has 1 aliphatic heterocycles. The van der Waals surface area contributed by atoms with Gasteiger partial charge in [0, 0.05) is 24.6 Å². The van der Waals surface area contributed by atoms with Gasteiger partial charge in [-0.25, -0.2) is 9.59 Å². The lowest BCUT2D eigenvalue weighted by Crippen LogP contribution is -2.50. The molecule has 0 aliphatic carbocycles. The predicted molar refractivity (Wildman–Crippen MR) is 71.9 cm³/mol. The maximum atomic E-state index is 11.8. The molecule has 1 fully saturated rings. The van der Waals surface area contributed by atoms with E-state index in [-0.39, 0.29) is 6.03 Å². The van der Waals surface area contributed by atoms with Crippen LogP contribution in [0.15, 0.2) is 0 Å². The Morgan fingerprint density at radius 2 is 2.12 bits per heavy atom. The quantitative estimate of drug-likeness (QED) is 0.783. The number of thioether (sulfide) groups is 2. The van der Waals surface area contributed by atoms with Gasteiger partial charge in [0.15, 0.2) is 0 Å². The molecule has 98 valence electrons. The van der Waals surface area contributed by atoms with Gasteiger partial charge in [-0.3, -0.25) is 0 Å². The molecule has 0 aromatic rings. The monoisotopic (exact) mass is 278 g/mol. The van der Waals surface area contributed by atoms with Crippen LogP contribution in [0.2, 0.25) is 0 Å². The Labute approximate surface area is 110 Å². The van der Waals surface area contributed by atoms with Gasteiger partial charge in [-0.05, 0) is 18.4 Å². The molecule has 7 heteroatoms. The maximum Gasteiger partial charge on any atom is 0.326 e. The van der Waals surface area contributed by atoms with Gasteiger partial charge in [0.1, 0.15) is 6.04 Å². The molecule has 1 saturated heterocycles. The highest BCUT2D eigenvalue weighted by atomic mass is 32.2. The molecule has 1 aliphatic rings. The zero-order valence-corrected chi connectivity index (χ0v) is 11.5. The standard InChI is InChI=1S/C10H18N2O3S2/c1-16-5-2-8(9(13)14)11-10(15)12-3-6-17-7-4-12/h8H,2-7H2,1H3,(H,11,15)(H,13,14)/t8-/m1/s1. The van der Waals surface area contributed by atoms with Crippen molar-refractivity contribution in [3.8, 4) is 0 Å². The van der Waals surface area contributed by atoms with Gasteiger partial charge in [0.2, 0.25) is 0 Å². The van der Waals surface area contributed by atoms with Crippen LogP contribution in [0.25, 0.3) is 0 Å². The SMILES string of the molecule is CSCC[C@@H](NC(=O)N1CCSCC1)C(=O)O. The molecule has 0 unspecified atom stereocenters. The van der Waals surface area contributed by atoms with E-state index in [0.717, 1.165) is 17.3 Å². The van der Waals surface area contributed by atoms with Crippen LogP contribution < -0.4 is 5.32 Å². The van der Waals surface area contributed by atoms with Gasteiger partial charge in [-0.2, -0.15) is 23.5 Å². The number of carbonyl (C=O) groups is 2. The van der Waals surface area contributed by atoms with Gasteiger partial charge in [-0.15, -0.1) is 0 Å². The Kier molecular flexibility index (Phi) is 6.57. The molecular weight excluding hydrogens is 260 g/mol. The number of urea groups is 1. The number of amides is 2. The second-order valence-corrected chi connectivity index (χ2v) is 5.93. The van der Waals surface area contributed by atoms with Crippen molar-refractivity contribution in [2.45, 2.75) is 12.5 Å². The topological polar surface area (TPSA) is 69.6 Å². The van der Waals surface area contributed by atoms with E-state index in [9.17, 15) is 9.59 Å². The van der Waals surface area contributed by atoms with Gasteiger partial charge >= 0.3 is 12.0 Å². The van der Waals surface area contributed by atoms with E-state index in [2.05, 4.69) is 5.32 Å². The summed E-state index contributed by atoms with van der Waals surface area (Å²) in [5.74, 6) is 1.62. The van der Waals surface area contributed by atoms with Gasteiger partial charge in [0.25, 0.3) is 0 Å². The fourth-order valence-electron chi connectivity index (χ4n) is 1.50. The summed E-state index contributed by atoms with van der Waals surface area (Å²) in [4.78, 5) is 24.5. The summed E-state index contributed by atoms with van der Waals surface area (Å²) in [6, 6.07) is -1.02. The smallest absolute Gasteiger partial charge is 0.326 e. The average Bonchev–Trinajstić information content (AvgIpc) is 2.35. The summed E-state index contributed by atoms with van der Waals surface area (Å²) < 4.78 is 0. The minimum Gasteiger partial charge on any atom is -0.480 e. The molecule has 1 heterocycles. The van der Waals surface area contributed by atoms with Gasteiger partial charge < -0.3 is 15.3 Å². The van der Waals surface area contributed by atoms with Gasteiger partial charge in [-0.1, -0.05) is 0 Å². The minimum atomic E-state index is -0.959. The summed E-state index contributed by atoms with van der Waals surface area (Å²) in [7, 11) is 0. The fourth-order valence-corrected chi connectivity index (χ4v) is 2.87. The second-order valence-electron chi connectivity index (χ2n) is 3.72. The zero-order valence-electron chi connectivity index (χ0n) is 9.85. The highest BCUT2D eigenvalue weighted by Crippen LogP contribution is 2.09. The molecule has 2 N–H and O–H groups in total. The fraction of sp³-hybridized carbons (Fsp3) is 0.800. The van der Waals surface area contributed by atoms with Crippen molar-refractivity contribution >= 4 is 35.5 Å². The lowest BCUT2D eigenvalue weighted by molar-refractivity contribution is -0.139. The first-order valence-corrected chi connectivity index (χ1v) is 8.05. The third kappa shape index (κ3) is 5.08. The lowest BCUT2D eigenvalue weighted by atomic mass is 10.2. The summed E-state index contributed by atoms with van der Waals surface area (Å²) >= 11 is 3.39. The van der Waals surface area contributed by atoms with E-state index in [1.807, 2.05) is 18.0 Å². The molecule has 1 rings (SSSR count). The van der Waals surface area contributed by atoms with Crippen molar-refractivity contribution in [1.29, 1.82) is 0 Å². The molecule has 2 amide bonds. The number of rotatable bonds is 5. The highest BCUT2D eigenvalue weighted by Gasteiger charge is 2.23. The third-order valence-electron chi connectivity index (χ3n) is 2.50. The van der Waals surface area contributed by atoms with E-state index < -0.39 is 12.0 Å². The van der Waals surface area contributed by atoms with E-state index >= 15 is 0 Å². The third-order valence-corrected chi connectivity index (χ3v) is 4.09. The first-order chi connectivity index (χ1) is 8.15. The van der Waals surface area contributed by atoms with Crippen molar-refractivity contribution in [2.24, 2.45) is 0 Å². The van der Waals surface area contributed by atoms with Crippen LogP contribution in [0.4, 0.5) is 4.79 Å². The Balaban J connectivity index is 2.42. The number of hydrogen-bond donors (Lipinski definition) is 2. The molecular formula is C10H18N2O3S2. The van der Waals surface area contributed by atoms with Crippen LogP contribution in [-0.4, -0.2) is 64.7 Å². The normalized spacial score (nSPS) is 17.6. The highest BCUT2D eigenvalue weighted by molar-refractivity contribution is 7.99. The molecule has 0 saturated carbocycles. The Morgan fingerprint density at radius 1 is 1.47 bits per heavy atom. The molecule has 1 atom stereocenters. The van der Waals surface area contributed by atoms with Crippen LogP contribution >= 0.6 is 23.5 Å². The summed E-state index contributed by atoms with van der Waals surface area (Å²) in [5, 5.41) is 11.6. The largest absolute Gasteiger partial charge is 0.480 e. The number of nitrogens with zero attached hydrogens (tertiary/aromatic N) is 1. The second kappa shape index (κ2) is 7.71. The number of aliphatic carboxylic acids is 1. The Hall–Kier alpha value is -0.560. The summed E-state index contributed by atoms with van der Waals surface area (Å²) in [5.41, 5.74) is 0. The molecule has 17 heavy (non-hydrogen) atoms. The van der Waals surface area contributed by atoms with E-state index in [1.165, 1.54) is 0 Å². The predicted octanol–water partition coefficient (Wildman–Crippen LogP) is 0.951.